The highest BCUT2D eigenvalue weighted by Gasteiger charge is 2.31. The summed E-state index contributed by atoms with van der Waals surface area (Å²) in [5.74, 6) is -0.699. The Balaban J connectivity index is 2.35. The summed E-state index contributed by atoms with van der Waals surface area (Å²) in [4.78, 5) is 21.2. The highest BCUT2D eigenvalue weighted by Crippen LogP contribution is 2.17. The van der Waals surface area contributed by atoms with Crippen molar-refractivity contribution in [3.05, 3.63) is 0 Å². The van der Waals surface area contributed by atoms with E-state index in [4.69, 9.17) is 14.2 Å². The van der Waals surface area contributed by atoms with Crippen LogP contribution in [0.15, 0.2) is 0 Å². The van der Waals surface area contributed by atoms with Gasteiger partial charge in [-0.3, -0.25) is 9.59 Å². The molecular weight excluding hydrogens is 188 g/mol. The van der Waals surface area contributed by atoms with Gasteiger partial charge in [0.15, 0.2) is 0 Å². The van der Waals surface area contributed by atoms with Gasteiger partial charge in [0, 0.05) is 20.3 Å². The van der Waals surface area contributed by atoms with E-state index in [2.05, 4.69) is 0 Å². The number of hydrogen-bond donors (Lipinski definition) is 0. The van der Waals surface area contributed by atoms with Crippen LogP contribution in [0.4, 0.5) is 0 Å². The lowest BCUT2D eigenvalue weighted by atomic mass is 10.2. The van der Waals surface area contributed by atoms with Crippen LogP contribution in [0.1, 0.15) is 20.3 Å². The Morgan fingerprint density at radius 1 is 1.36 bits per heavy atom. The van der Waals surface area contributed by atoms with Crippen molar-refractivity contribution in [1.29, 1.82) is 0 Å². The van der Waals surface area contributed by atoms with Gasteiger partial charge in [0.05, 0.1) is 6.61 Å². The fourth-order valence-electron chi connectivity index (χ4n) is 1.33. The third-order valence-electron chi connectivity index (χ3n) is 1.92. The van der Waals surface area contributed by atoms with Gasteiger partial charge < -0.3 is 14.2 Å². The van der Waals surface area contributed by atoms with Crippen molar-refractivity contribution in [2.45, 2.75) is 32.5 Å². The second-order valence-electron chi connectivity index (χ2n) is 3.15. The molecule has 0 aliphatic carbocycles. The Morgan fingerprint density at radius 3 is 2.64 bits per heavy atom. The van der Waals surface area contributed by atoms with Crippen LogP contribution in [0.3, 0.4) is 0 Å². The van der Waals surface area contributed by atoms with Gasteiger partial charge in [-0.2, -0.15) is 0 Å². The molecular formula is C9H14O5. The van der Waals surface area contributed by atoms with E-state index in [0.717, 1.165) is 0 Å². The van der Waals surface area contributed by atoms with Crippen LogP contribution >= 0.6 is 0 Å². The Labute approximate surface area is 82.3 Å². The molecule has 1 fully saturated rings. The van der Waals surface area contributed by atoms with Crippen molar-refractivity contribution in [3.8, 4) is 0 Å². The Hall–Kier alpha value is -1.10. The molecule has 0 unspecified atom stereocenters. The van der Waals surface area contributed by atoms with Crippen LogP contribution in [0.25, 0.3) is 0 Å². The third-order valence-corrected chi connectivity index (χ3v) is 1.92. The molecule has 0 aromatic rings. The first-order chi connectivity index (χ1) is 6.59. The molecule has 0 amide bonds. The number of ether oxygens (including phenoxy) is 3. The average Bonchev–Trinajstić information content (AvgIpc) is 2.47. The Bertz CT molecular complexity index is 225. The molecule has 14 heavy (non-hydrogen) atoms. The van der Waals surface area contributed by atoms with Crippen LogP contribution in [-0.2, 0) is 23.8 Å². The first-order valence-corrected chi connectivity index (χ1v) is 4.52. The quantitative estimate of drug-likeness (QED) is 0.615. The molecule has 1 aliphatic rings. The zero-order valence-electron chi connectivity index (χ0n) is 8.32. The summed E-state index contributed by atoms with van der Waals surface area (Å²) in [5, 5.41) is 0. The summed E-state index contributed by atoms with van der Waals surface area (Å²) >= 11 is 0. The molecule has 5 heteroatoms. The van der Waals surface area contributed by atoms with Gasteiger partial charge in [-0.15, -0.1) is 0 Å². The summed E-state index contributed by atoms with van der Waals surface area (Å²) in [6.45, 7) is 3.36. The molecule has 80 valence electrons. The van der Waals surface area contributed by atoms with E-state index >= 15 is 0 Å². The first kappa shape index (κ1) is 11.0. The summed E-state index contributed by atoms with van der Waals surface area (Å²) in [7, 11) is 0. The molecule has 0 saturated carbocycles. The number of carbonyl (C=O) groups is 2. The monoisotopic (exact) mass is 202 g/mol. The molecule has 0 bridgehead atoms. The van der Waals surface area contributed by atoms with Crippen LogP contribution < -0.4 is 0 Å². The van der Waals surface area contributed by atoms with Gasteiger partial charge in [-0.05, 0) is 0 Å². The van der Waals surface area contributed by atoms with E-state index < -0.39 is 0 Å². The lowest BCUT2D eigenvalue weighted by Crippen LogP contribution is -2.31. The number of esters is 2. The molecule has 0 aromatic heterocycles. The van der Waals surface area contributed by atoms with Crippen molar-refractivity contribution in [2.75, 3.05) is 13.2 Å². The van der Waals surface area contributed by atoms with Crippen molar-refractivity contribution in [1.82, 2.24) is 0 Å². The highest BCUT2D eigenvalue weighted by atomic mass is 16.6. The first-order valence-electron chi connectivity index (χ1n) is 4.52. The van der Waals surface area contributed by atoms with Gasteiger partial charge in [-0.1, -0.05) is 0 Å². The molecule has 1 rings (SSSR count). The van der Waals surface area contributed by atoms with Gasteiger partial charge in [0.1, 0.15) is 18.8 Å². The van der Waals surface area contributed by atoms with Crippen molar-refractivity contribution >= 4 is 11.9 Å². The molecule has 0 radical (unpaired) electrons. The molecule has 1 heterocycles. The zero-order valence-corrected chi connectivity index (χ0v) is 8.32. The number of hydrogen-bond acceptors (Lipinski definition) is 5. The second kappa shape index (κ2) is 4.95. The van der Waals surface area contributed by atoms with Crippen LogP contribution in [0.2, 0.25) is 0 Å². The predicted molar refractivity (Wildman–Crippen MR) is 46.5 cm³/mol. The number of carbonyl (C=O) groups excluding carboxylic acids is 2. The maximum absolute atomic E-state index is 10.7. The summed E-state index contributed by atoms with van der Waals surface area (Å²) in [6, 6.07) is 0. The minimum atomic E-state index is -0.359. The average molecular weight is 202 g/mol. The highest BCUT2D eigenvalue weighted by molar-refractivity contribution is 5.66. The molecule has 0 N–H and O–H groups in total. The zero-order chi connectivity index (χ0) is 10.6. The van der Waals surface area contributed by atoms with Crippen molar-refractivity contribution in [3.63, 3.8) is 0 Å². The standard InChI is InChI=1S/C9H14O5/c1-6(10)13-5-9-8(3-4-12-9)14-7(2)11/h8-9H,3-5H2,1-2H3/t8-,9+/m0/s1. The minimum absolute atomic E-state index is 0.146. The molecule has 5 nitrogen and oxygen atoms in total. The van der Waals surface area contributed by atoms with E-state index in [1.165, 1.54) is 13.8 Å². The van der Waals surface area contributed by atoms with Gasteiger partial charge in [-0.25, -0.2) is 0 Å². The van der Waals surface area contributed by atoms with Crippen LogP contribution in [0.5, 0.6) is 0 Å². The van der Waals surface area contributed by atoms with Crippen molar-refractivity contribution in [2.24, 2.45) is 0 Å². The molecule has 0 aromatic carbocycles. The third kappa shape index (κ3) is 3.33. The van der Waals surface area contributed by atoms with Gasteiger partial charge >= 0.3 is 11.9 Å². The smallest absolute Gasteiger partial charge is 0.302 e. The summed E-state index contributed by atoms with van der Waals surface area (Å²) in [5.41, 5.74) is 0. The van der Waals surface area contributed by atoms with Crippen molar-refractivity contribution < 1.29 is 23.8 Å². The molecule has 2 atom stereocenters. The summed E-state index contributed by atoms with van der Waals surface area (Å²) in [6.07, 6.45) is 0.0561. The van der Waals surface area contributed by atoms with E-state index in [-0.39, 0.29) is 30.8 Å². The lowest BCUT2D eigenvalue weighted by Gasteiger charge is -2.17. The summed E-state index contributed by atoms with van der Waals surface area (Å²) < 4.78 is 15.0. The van der Waals surface area contributed by atoms with E-state index in [0.29, 0.717) is 13.0 Å². The topological polar surface area (TPSA) is 61.8 Å². The molecule has 0 spiro atoms. The largest absolute Gasteiger partial charge is 0.463 e. The minimum Gasteiger partial charge on any atom is -0.463 e. The lowest BCUT2D eigenvalue weighted by molar-refractivity contribution is -0.154. The molecule has 1 saturated heterocycles. The Kier molecular flexibility index (Phi) is 3.88. The maximum Gasteiger partial charge on any atom is 0.302 e. The van der Waals surface area contributed by atoms with E-state index in [1.807, 2.05) is 0 Å². The van der Waals surface area contributed by atoms with E-state index in [9.17, 15) is 9.59 Å². The fourth-order valence-corrected chi connectivity index (χ4v) is 1.33. The Morgan fingerprint density at radius 2 is 2.07 bits per heavy atom. The second-order valence-corrected chi connectivity index (χ2v) is 3.15. The van der Waals surface area contributed by atoms with E-state index in [1.54, 1.807) is 0 Å². The molecule has 1 aliphatic heterocycles. The van der Waals surface area contributed by atoms with Gasteiger partial charge in [0.25, 0.3) is 0 Å². The van der Waals surface area contributed by atoms with Gasteiger partial charge in [0.2, 0.25) is 0 Å². The SMILES string of the molecule is CC(=O)OC[C@H]1OCC[C@@H]1OC(C)=O. The fraction of sp³-hybridized carbons (Fsp3) is 0.778. The van der Waals surface area contributed by atoms with Crippen LogP contribution in [0, 0.1) is 0 Å². The van der Waals surface area contributed by atoms with Crippen LogP contribution in [-0.4, -0.2) is 37.4 Å². The number of rotatable bonds is 3. The predicted octanol–water partition coefficient (Wildman–Crippen LogP) is 0.270. The maximum atomic E-state index is 10.7. The normalized spacial score (nSPS) is 25.9.